The van der Waals surface area contributed by atoms with E-state index in [1.165, 1.54) is 42.7 Å². The third kappa shape index (κ3) is 4.55. The highest BCUT2D eigenvalue weighted by Crippen LogP contribution is 2.28. The number of anilines is 1. The summed E-state index contributed by atoms with van der Waals surface area (Å²) in [4.78, 5) is 16.8. The largest absolute Gasteiger partial charge is 0.495 e. The summed E-state index contributed by atoms with van der Waals surface area (Å²) in [5.74, 6) is -0.436. The lowest BCUT2D eigenvalue weighted by molar-refractivity contribution is -0.112. The van der Waals surface area contributed by atoms with Crippen LogP contribution < -0.4 is 10.1 Å². The smallest absolute Gasteiger partial charge is 0.266 e. The first-order chi connectivity index (χ1) is 13.5. The lowest BCUT2D eigenvalue weighted by atomic mass is 10.2. The number of hydrogen-bond donors (Lipinski definition) is 1. The maximum absolute atomic E-state index is 13.0. The maximum atomic E-state index is 13.0. The number of carbonyl (C=O) groups is 1. The van der Waals surface area contributed by atoms with Gasteiger partial charge in [0.15, 0.2) is 0 Å². The summed E-state index contributed by atoms with van der Waals surface area (Å²) >= 11 is 7.37. The van der Waals surface area contributed by atoms with Crippen molar-refractivity contribution in [2.45, 2.75) is 0 Å². The van der Waals surface area contributed by atoms with Crippen LogP contribution in [0.15, 0.2) is 53.4 Å². The summed E-state index contributed by atoms with van der Waals surface area (Å²) in [7, 11) is 1.49. The molecule has 0 unspecified atom stereocenters. The number of ether oxygens (including phenoxy) is 1. The highest BCUT2D eigenvalue weighted by atomic mass is 35.5. The number of aromatic nitrogens is 1. The Hall–Kier alpha value is -3.21. The molecule has 1 N–H and O–H groups in total. The molecule has 0 fully saturated rings. The summed E-state index contributed by atoms with van der Waals surface area (Å²) in [5.41, 5.74) is 1.54. The number of nitrogens with zero attached hydrogens (tertiary/aromatic N) is 2. The molecule has 0 aliphatic rings. The van der Waals surface area contributed by atoms with Crippen LogP contribution in [0.1, 0.15) is 5.69 Å². The molecule has 3 aromatic rings. The summed E-state index contributed by atoms with van der Waals surface area (Å²) < 4.78 is 18.1. The van der Waals surface area contributed by atoms with E-state index in [1.54, 1.807) is 29.6 Å². The molecule has 2 aromatic carbocycles. The monoisotopic (exact) mass is 413 g/mol. The number of benzene rings is 2. The Morgan fingerprint density at radius 1 is 1.32 bits per heavy atom. The van der Waals surface area contributed by atoms with Crippen LogP contribution in [0, 0.1) is 17.1 Å². The fraction of sp³-hybridized carbons (Fsp3) is 0.0500. The van der Waals surface area contributed by atoms with Gasteiger partial charge in [-0.25, -0.2) is 9.37 Å². The SMILES string of the molecule is COc1ccc(NC(=O)/C(C#N)=C/c2csc(-c3ccc(F)cc3)n2)cc1Cl. The van der Waals surface area contributed by atoms with Crippen LogP contribution in [0.25, 0.3) is 16.6 Å². The third-order valence-electron chi connectivity index (χ3n) is 3.68. The number of nitrogens with one attached hydrogen (secondary N) is 1. The molecule has 0 saturated carbocycles. The van der Waals surface area contributed by atoms with Crippen molar-refractivity contribution in [2.75, 3.05) is 12.4 Å². The molecule has 140 valence electrons. The van der Waals surface area contributed by atoms with Crippen LogP contribution in [0.3, 0.4) is 0 Å². The summed E-state index contributed by atoms with van der Waals surface area (Å²) in [5, 5.41) is 14.7. The Labute approximate surface area is 169 Å². The average Bonchev–Trinajstić information content (AvgIpc) is 3.15. The Balaban J connectivity index is 1.78. The fourth-order valence-electron chi connectivity index (χ4n) is 2.32. The minimum atomic E-state index is -0.583. The zero-order valence-corrected chi connectivity index (χ0v) is 16.1. The van der Waals surface area contributed by atoms with Crippen molar-refractivity contribution in [3.05, 3.63) is 70.0 Å². The third-order valence-corrected chi connectivity index (χ3v) is 4.89. The molecule has 0 saturated heterocycles. The van der Waals surface area contributed by atoms with Gasteiger partial charge in [-0.05, 0) is 48.5 Å². The van der Waals surface area contributed by atoms with Gasteiger partial charge in [0.25, 0.3) is 5.91 Å². The topological polar surface area (TPSA) is 75.0 Å². The molecule has 8 heteroatoms. The number of amides is 1. The van der Waals surface area contributed by atoms with Crippen molar-refractivity contribution in [1.29, 1.82) is 5.26 Å². The zero-order valence-electron chi connectivity index (χ0n) is 14.6. The second kappa shape index (κ2) is 8.65. The van der Waals surface area contributed by atoms with Gasteiger partial charge < -0.3 is 10.1 Å². The predicted molar refractivity (Wildman–Crippen MR) is 108 cm³/mol. The van der Waals surface area contributed by atoms with E-state index in [0.29, 0.717) is 27.2 Å². The molecule has 3 rings (SSSR count). The van der Waals surface area contributed by atoms with Gasteiger partial charge in [-0.15, -0.1) is 11.3 Å². The summed E-state index contributed by atoms with van der Waals surface area (Å²) in [6.07, 6.45) is 1.39. The number of hydrogen-bond acceptors (Lipinski definition) is 5. The van der Waals surface area contributed by atoms with Crippen LogP contribution >= 0.6 is 22.9 Å². The molecule has 0 radical (unpaired) electrons. The van der Waals surface area contributed by atoms with Crippen LogP contribution in [0.4, 0.5) is 10.1 Å². The van der Waals surface area contributed by atoms with E-state index < -0.39 is 5.91 Å². The highest BCUT2D eigenvalue weighted by molar-refractivity contribution is 7.13. The van der Waals surface area contributed by atoms with Gasteiger partial charge in [0.1, 0.15) is 28.2 Å². The van der Waals surface area contributed by atoms with Crippen molar-refractivity contribution < 1.29 is 13.9 Å². The number of carbonyl (C=O) groups excluding carboxylic acids is 1. The molecular weight excluding hydrogens is 401 g/mol. The van der Waals surface area contributed by atoms with E-state index in [-0.39, 0.29) is 11.4 Å². The van der Waals surface area contributed by atoms with Gasteiger partial charge in [-0.1, -0.05) is 11.6 Å². The first-order valence-corrected chi connectivity index (χ1v) is 9.24. The fourth-order valence-corrected chi connectivity index (χ4v) is 3.36. The Morgan fingerprint density at radius 2 is 2.07 bits per heavy atom. The molecule has 28 heavy (non-hydrogen) atoms. The van der Waals surface area contributed by atoms with Gasteiger partial charge in [-0.3, -0.25) is 4.79 Å². The first-order valence-electron chi connectivity index (χ1n) is 7.98. The molecule has 1 aromatic heterocycles. The van der Waals surface area contributed by atoms with E-state index in [0.717, 1.165) is 5.56 Å². The van der Waals surface area contributed by atoms with Gasteiger partial charge in [0.2, 0.25) is 0 Å². The minimum Gasteiger partial charge on any atom is -0.495 e. The number of thiazole rings is 1. The number of nitriles is 1. The summed E-state index contributed by atoms with van der Waals surface area (Å²) in [6, 6.07) is 12.6. The van der Waals surface area contributed by atoms with E-state index in [4.69, 9.17) is 16.3 Å². The molecule has 1 amide bonds. The molecule has 5 nitrogen and oxygen atoms in total. The molecule has 0 atom stereocenters. The second-order valence-electron chi connectivity index (χ2n) is 5.56. The van der Waals surface area contributed by atoms with Crippen molar-refractivity contribution in [1.82, 2.24) is 4.98 Å². The first kappa shape index (κ1) is 19.5. The van der Waals surface area contributed by atoms with E-state index >= 15 is 0 Å². The molecule has 0 aliphatic heterocycles. The van der Waals surface area contributed by atoms with E-state index in [2.05, 4.69) is 10.3 Å². The van der Waals surface area contributed by atoms with Gasteiger partial charge in [0.05, 0.1) is 17.8 Å². The second-order valence-corrected chi connectivity index (χ2v) is 6.82. The summed E-state index contributed by atoms with van der Waals surface area (Å²) in [6.45, 7) is 0. The van der Waals surface area contributed by atoms with Gasteiger partial charge >= 0.3 is 0 Å². The highest BCUT2D eigenvalue weighted by Gasteiger charge is 2.12. The van der Waals surface area contributed by atoms with Crippen molar-refractivity contribution in [3.8, 4) is 22.4 Å². The number of rotatable bonds is 5. The molecule has 0 spiro atoms. The normalized spacial score (nSPS) is 11.0. The Morgan fingerprint density at radius 3 is 2.71 bits per heavy atom. The van der Waals surface area contributed by atoms with Gasteiger partial charge in [0, 0.05) is 16.6 Å². The number of methoxy groups -OCH3 is 1. The Kier molecular flexibility index (Phi) is 6.04. The Bertz CT molecular complexity index is 1090. The lowest BCUT2D eigenvalue weighted by Crippen LogP contribution is -2.13. The zero-order chi connectivity index (χ0) is 20.1. The van der Waals surface area contributed by atoms with Crippen molar-refractivity contribution in [3.63, 3.8) is 0 Å². The van der Waals surface area contributed by atoms with Crippen molar-refractivity contribution >= 4 is 40.6 Å². The quantitative estimate of drug-likeness (QED) is 0.463. The number of halogens is 2. The van der Waals surface area contributed by atoms with Crippen LogP contribution in [-0.4, -0.2) is 18.0 Å². The molecule has 0 aliphatic carbocycles. The molecular formula is C20H13ClFN3O2S. The van der Waals surface area contributed by atoms with Crippen LogP contribution in [0.5, 0.6) is 5.75 Å². The van der Waals surface area contributed by atoms with Crippen molar-refractivity contribution in [2.24, 2.45) is 0 Å². The maximum Gasteiger partial charge on any atom is 0.266 e. The van der Waals surface area contributed by atoms with Gasteiger partial charge in [-0.2, -0.15) is 5.26 Å². The molecule has 0 bridgehead atoms. The lowest BCUT2D eigenvalue weighted by Gasteiger charge is -2.07. The van der Waals surface area contributed by atoms with Crippen LogP contribution in [0.2, 0.25) is 5.02 Å². The average molecular weight is 414 g/mol. The molecule has 1 heterocycles. The predicted octanol–water partition coefficient (Wildman–Crippen LogP) is 5.16. The minimum absolute atomic E-state index is 0.108. The van der Waals surface area contributed by atoms with E-state index in [1.807, 2.05) is 6.07 Å². The van der Waals surface area contributed by atoms with Crippen LogP contribution in [-0.2, 0) is 4.79 Å². The van der Waals surface area contributed by atoms with E-state index in [9.17, 15) is 14.4 Å². The standard InChI is InChI=1S/C20H13ClFN3O2S/c1-27-18-7-6-15(9-17(18)21)24-19(26)13(10-23)8-16-11-28-20(25-16)12-2-4-14(22)5-3-12/h2-9,11H,1H3,(H,24,26)/b13-8+.